The Bertz CT molecular complexity index is 356. The second-order valence-corrected chi connectivity index (χ2v) is 8.22. The molecule has 2 N–H and O–H groups in total. The van der Waals surface area contributed by atoms with Crippen LogP contribution < -0.4 is 5.32 Å². The first-order chi connectivity index (χ1) is 11.0. The van der Waals surface area contributed by atoms with E-state index in [-0.39, 0.29) is 12.3 Å². The highest BCUT2D eigenvalue weighted by Gasteiger charge is 2.31. The fraction of sp³-hybridized carbons (Fsp3) is 0.947. The first kappa shape index (κ1) is 18.7. The van der Waals surface area contributed by atoms with Crippen LogP contribution >= 0.6 is 0 Å². The van der Waals surface area contributed by atoms with Crippen molar-refractivity contribution < 1.29 is 9.90 Å². The molecule has 4 heteroatoms. The van der Waals surface area contributed by atoms with Crippen molar-refractivity contribution in [3.05, 3.63) is 0 Å². The van der Waals surface area contributed by atoms with E-state index < -0.39 is 5.60 Å². The molecule has 0 spiro atoms. The van der Waals surface area contributed by atoms with Gasteiger partial charge in [-0.1, -0.05) is 33.1 Å². The van der Waals surface area contributed by atoms with Crippen LogP contribution in [0.5, 0.6) is 0 Å². The summed E-state index contributed by atoms with van der Waals surface area (Å²) in [4.78, 5) is 14.6. The van der Waals surface area contributed by atoms with E-state index in [0.717, 1.165) is 63.5 Å². The lowest BCUT2D eigenvalue weighted by molar-refractivity contribution is -0.127. The van der Waals surface area contributed by atoms with Crippen molar-refractivity contribution in [2.24, 2.45) is 11.8 Å². The molecular weight excluding hydrogens is 288 g/mol. The first-order valence-corrected chi connectivity index (χ1v) is 9.68. The van der Waals surface area contributed by atoms with Crippen LogP contribution in [-0.4, -0.2) is 47.7 Å². The van der Waals surface area contributed by atoms with E-state index in [1.165, 1.54) is 25.9 Å². The molecule has 0 radical (unpaired) electrons. The van der Waals surface area contributed by atoms with Gasteiger partial charge in [-0.15, -0.1) is 0 Å². The second kappa shape index (κ2) is 9.03. The predicted molar refractivity (Wildman–Crippen MR) is 94.3 cm³/mol. The van der Waals surface area contributed by atoms with Crippen molar-refractivity contribution in [1.29, 1.82) is 0 Å². The Hall–Kier alpha value is -0.610. The lowest BCUT2D eigenvalue weighted by atomic mass is 9.82. The quantitative estimate of drug-likeness (QED) is 0.708. The van der Waals surface area contributed by atoms with Gasteiger partial charge >= 0.3 is 0 Å². The van der Waals surface area contributed by atoms with Crippen molar-refractivity contribution in [2.75, 3.05) is 26.2 Å². The zero-order valence-corrected chi connectivity index (χ0v) is 15.1. The number of hydrogen-bond acceptors (Lipinski definition) is 3. The molecule has 1 heterocycles. The highest BCUT2D eigenvalue weighted by molar-refractivity contribution is 5.76. The van der Waals surface area contributed by atoms with Crippen molar-refractivity contribution in [2.45, 2.75) is 77.2 Å². The number of rotatable bonds is 7. The summed E-state index contributed by atoms with van der Waals surface area (Å²) < 4.78 is 0. The molecule has 1 amide bonds. The van der Waals surface area contributed by atoms with Crippen LogP contribution in [0, 0.1) is 11.8 Å². The van der Waals surface area contributed by atoms with E-state index in [1.54, 1.807) is 0 Å². The number of hydrogen-bond donors (Lipinski definition) is 2. The number of carbonyl (C=O) groups excluding carboxylic acids is 1. The SMILES string of the molecule is CC1CC(C)CN(CCCCNC(=O)CC2(O)CCCCC2)C1. The summed E-state index contributed by atoms with van der Waals surface area (Å²) in [6.07, 6.45) is 8.68. The molecule has 4 nitrogen and oxygen atoms in total. The molecule has 1 saturated carbocycles. The summed E-state index contributed by atoms with van der Waals surface area (Å²) in [7, 11) is 0. The van der Waals surface area contributed by atoms with Crippen LogP contribution in [0.15, 0.2) is 0 Å². The average molecular weight is 325 g/mol. The number of amides is 1. The number of aliphatic hydroxyl groups is 1. The van der Waals surface area contributed by atoms with Crippen LogP contribution in [0.3, 0.4) is 0 Å². The van der Waals surface area contributed by atoms with E-state index in [0.29, 0.717) is 0 Å². The molecule has 2 atom stereocenters. The zero-order chi connectivity index (χ0) is 16.7. The topological polar surface area (TPSA) is 52.6 Å². The maximum Gasteiger partial charge on any atom is 0.222 e. The molecule has 2 fully saturated rings. The van der Waals surface area contributed by atoms with Crippen LogP contribution in [0.2, 0.25) is 0 Å². The van der Waals surface area contributed by atoms with Gasteiger partial charge in [-0.2, -0.15) is 0 Å². The Morgan fingerprint density at radius 2 is 1.78 bits per heavy atom. The van der Waals surface area contributed by atoms with E-state index >= 15 is 0 Å². The highest BCUT2D eigenvalue weighted by atomic mass is 16.3. The van der Waals surface area contributed by atoms with E-state index in [9.17, 15) is 9.90 Å². The van der Waals surface area contributed by atoms with Gasteiger partial charge in [-0.25, -0.2) is 0 Å². The second-order valence-electron chi connectivity index (χ2n) is 8.22. The molecule has 0 bridgehead atoms. The zero-order valence-electron chi connectivity index (χ0n) is 15.1. The van der Waals surface area contributed by atoms with Crippen LogP contribution in [0.1, 0.15) is 71.6 Å². The van der Waals surface area contributed by atoms with Crippen molar-refractivity contribution in [1.82, 2.24) is 10.2 Å². The summed E-state index contributed by atoms with van der Waals surface area (Å²) in [6, 6.07) is 0. The van der Waals surface area contributed by atoms with Crippen LogP contribution in [-0.2, 0) is 4.79 Å². The molecule has 1 aliphatic heterocycles. The van der Waals surface area contributed by atoms with Gasteiger partial charge in [0.05, 0.1) is 12.0 Å². The number of unbranched alkanes of at least 4 members (excludes halogenated alkanes) is 1. The molecule has 134 valence electrons. The molecule has 1 aliphatic carbocycles. The van der Waals surface area contributed by atoms with Crippen molar-refractivity contribution in [3.63, 3.8) is 0 Å². The minimum Gasteiger partial charge on any atom is -0.389 e. The molecule has 2 unspecified atom stereocenters. The maximum absolute atomic E-state index is 12.0. The third kappa shape index (κ3) is 6.80. The van der Waals surface area contributed by atoms with Gasteiger partial charge in [0.1, 0.15) is 0 Å². The molecular formula is C19H36N2O2. The summed E-state index contributed by atoms with van der Waals surface area (Å²) in [5.41, 5.74) is -0.734. The minimum atomic E-state index is -0.734. The molecule has 1 saturated heterocycles. The first-order valence-electron chi connectivity index (χ1n) is 9.68. The average Bonchev–Trinajstić information content (AvgIpc) is 2.46. The Morgan fingerprint density at radius 1 is 1.13 bits per heavy atom. The van der Waals surface area contributed by atoms with Gasteiger partial charge in [0, 0.05) is 19.6 Å². The largest absolute Gasteiger partial charge is 0.389 e. The van der Waals surface area contributed by atoms with Gasteiger partial charge < -0.3 is 15.3 Å². The normalized spacial score (nSPS) is 28.5. The van der Waals surface area contributed by atoms with Gasteiger partial charge in [-0.3, -0.25) is 4.79 Å². The third-order valence-electron chi connectivity index (χ3n) is 5.44. The van der Waals surface area contributed by atoms with E-state index in [1.807, 2.05) is 0 Å². The monoisotopic (exact) mass is 324 g/mol. The Kier molecular flexibility index (Phi) is 7.35. The molecule has 2 aliphatic rings. The summed E-state index contributed by atoms with van der Waals surface area (Å²) >= 11 is 0. The van der Waals surface area contributed by atoms with Gasteiger partial charge in [0.15, 0.2) is 0 Å². The number of likely N-dealkylation sites (tertiary alicyclic amines) is 1. The van der Waals surface area contributed by atoms with Gasteiger partial charge in [-0.05, 0) is 50.5 Å². The Morgan fingerprint density at radius 3 is 2.43 bits per heavy atom. The fourth-order valence-corrected chi connectivity index (χ4v) is 4.41. The summed E-state index contributed by atoms with van der Waals surface area (Å²) in [5, 5.41) is 13.4. The van der Waals surface area contributed by atoms with E-state index in [4.69, 9.17) is 0 Å². The molecule has 2 rings (SSSR count). The molecule has 0 aromatic heterocycles. The lowest BCUT2D eigenvalue weighted by Crippen LogP contribution is -2.40. The molecule has 0 aromatic rings. The molecule has 23 heavy (non-hydrogen) atoms. The van der Waals surface area contributed by atoms with Crippen molar-refractivity contribution in [3.8, 4) is 0 Å². The van der Waals surface area contributed by atoms with Crippen molar-refractivity contribution >= 4 is 5.91 Å². The van der Waals surface area contributed by atoms with E-state index in [2.05, 4.69) is 24.1 Å². The third-order valence-corrected chi connectivity index (χ3v) is 5.44. The van der Waals surface area contributed by atoms with Gasteiger partial charge in [0.25, 0.3) is 0 Å². The predicted octanol–water partition coefficient (Wildman–Crippen LogP) is 2.95. The number of piperidine rings is 1. The number of nitrogens with one attached hydrogen (secondary N) is 1. The Balaban J connectivity index is 1.54. The maximum atomic E-state index is 12.0. The smallest absolute Gasteiger partial charge is 0.222 e. The van der Waals surface area contributed by atoms with Crippen LogP contribution in [0.4, 0.5) is 0 Å². The number of nitrogens with zero attached hydrogens (tertiary/aromatic N) is 1. The summed E-state index contributed by atoms with van der Waals surface area (Å²) in [6.45, 7) is 9.04. The number of carbonyl (C=O) groups is 1. The standard InChI is InChI=1S/C19H36N2O2/c1-16-12-17(2)15-21(14-16)11-7-6-10-20-18(22)13-19(23)8-4-3-5-9-19/h16-17,23H,3-15H2,1-2H3,(H,20,22). The lowest BCUT2D eigenvalue weighted by Gasteiger charge is -2.35. The fourth-order valence-electron chi connectivity index (χ4n) is 4.41. The highest BCUT2D eigenvalue weighted by Crippen LogP contribution is 2.30. The molecule has 0 aromatic carbocycles. The summed E-state index contributed by atoms with van der Waals surface area (Å²) in [5.74, 6) is 1.65. The van der Waals surface area contributed by atoms with Gasteiger partial charge in [0.2, 0.25) is 5.91 Å². The minimum absolute atomic E-state index is 0.0228. The van der Waals surface area contributed by atoms with Crippen LogP contribution in [0.25, 0.3) is 0 Å². The Labute approximate surface area is 142 Å².